The molecule has 0 heterocycles. The average molecular weight is 239 g/mol. The van der Waals surface area contributed by atoms with Gasteiger partial charge >= 0.3 is 0 Å². The Morgan fingerprint density at radius 3 is 2.88 bits per heavy atom. The lowest BCUT2D eigenvalue weighted by Crippen LogP contribution is -2.28. The molecule has 0 aliphatic heterocycles. The van der Waals surface area contributed by atoms with Gasteiger partial charge in [0.25, 0.3) is 0 Å². The van der Waals surface area contributed by atoms with E-state index in [-0.39, 0.29) is 6.04 Å². The molecule has 0 spiro atoms. The van der Waals surface area contributed by atoms with Crippen LogP contribution in [-0.4, -0.2) is 20.2 Å². The zero-order chi connectivity index (χ0) is 12.0. The predicted octanol–water partition coefficient (Wildman–Crippen LogP) is 1.57. The monoisotopic (exact) mass is 238 g/mol. The molecule has 0 fully saturated rings. The molecule has 0 aliphatic rings. The third-order valence-corrected chi connectivity index (χ3v) is 2.56. The molecular formula is C12H15ClN2O. The van der Waals surface area contributed by atoms with Gasteiger partial charge in [0.1, 0.15) is 5.75 Å². The fraction of sp³-hybridized carbons (Fsp3) is 0.333. The van der Waals surface area contributed by atoms with Gasteiger partial charge < -0.3 is 10.5 Å². The van der Waals surface area contributed by atoms with E-state index in [0.29, 0.717) is 23.9 Å². The number of terminal acetylenes is 1. The van der Waals surface area contributed by atoms with Crippen molar-refractivity contribution in [3.05, 3.63) is 28.8 Å². The maximum absolute atomic E-state index is 6.03. The Hall–Kier alpha value is -1.21. The van der Waals surface area contributed by atoms with E-state index in [4.69, 9.17) is 28.5 Å². The van der Waals surface area contributed by atoms with Gasteiger partial charge in [0.15, 0.2) is 0 Å². The lowest BCUT2D eigenvalue weighted by atomic mass is 10.1. The highest BCUT2D eigenvalue weighted by molar-refractivity contribution is 6.32. The van der Waals surface area contributed by atoms with Crippen LogP contribution in [0.1, 0.15) is 11.6 Å². The molecular weight excluding hydrogens is 224 g/mol. The molecule has 0 saturated carbocycles. The summed E-state index contributed by atoms with van der Waals surface area (Å²) in [5.41, 5.74) is 6.66. The van der Waals surface area contributed by atoms with E-state index in [0.717, 1.165) is 5.56 Å². The van der Waals surface area contributed by atoms with E-state index in [1.54, 1.807) is 7.11 Å². The summed E-state index contributed by atoms with van der Waals surface area (Å²) in [6.45, 7) is 0.940. The topological polar surface area (TPSA) is 47.3 Å². The van der Waals surface area contributed by atoms with Crippen LogP contribution in [0.15, 0.2) is 18.2 Å². The van der Waals surface area contributed by atoms with Gasteiger partial charge in [-0.2, -0.15) is 0 Å². The molecule has 0 aromatic heterocycles. The first-order valence-electron chi connectivity index (χ1n) is 4.93. The smallest absolute Gasteiger partial charge is 0.137 e. The first-order valence-corrected chi connectivity index (χ1v) is 5.31. The van der Waals surface area contributed by atoms with Crippen LogP contribution in [-0.2, 0) is 0 Å². The van der Waals surface area contributed by atoms with Crippen molar-refractivity contribution in [3.8, 4) is 18.1 Å². The quantitative estimate of drug-likeness (QED) is 0.766. The number of methoxy groups -OCH3 is 1. The lowest BCUT2D eigenvalue weighted by molar-refractivity contribution is 0.414. The van der Waals surface area contributed by atoms with Crippen molar-refractivity contribution in [1.82, 2.24) is 5.32 Å². The number of halogens is 1. The van der Waals surface area contributed by atoms with E-state index in [1.807, 2.05) is 18.2 Å². The largest absolute Gasteiger partial charge is 0.495 e. The van der Waals surface area contributed by atoms with Crippen LogP contribution in [0.2, 0.25) is 5.02 Å². The van der Waals surface area contributed by atoms with Gasteiger partial charge in [-0.15, -0.1) is 6.42 Å². The Labute approximate surface area is 101 Å². The van der Waals surface area contributed by atoms with Gasteiger partial charge in [-0.25, -0.2) is 0 Å². The third kappa shape index (κ3) is 3.14. The summed E-state index contributed by atoms with van der Waals surface area (Å²) in [5, 5.41) is 3.71. The SMILES string of the molecule is C#CCNC(CN)c1ccc(OC)c(Cl)c1. The molecule has 1 rings (SSSR count). The van der Waals surface area contributed by atoms with E-state index in [1.165, 1.54) is 0 Å². The maximum Gasteiger partial charge on any atom is 0.137 e. The highest BCUT2D eigenvalue weighted by Crippen LogP contribution is 2.27. The minimum absolute atomic E-state index is 0.0134. The van der Waals surface area contributed by atoms with Crippen molar-refractivity contribution in [3.63, 3.8) is 0 Å². The Morgan fingerprint density at radius 2 is 2.38 bits per heavy atom. The van der Waals surface area contributed by atoms with Crippen LogP contribution in [0.5, 0.6) is 5.75 Å². The minimum atomic E-state index is 0.0134. The molecule has 1 aromatic rings. The van der Waals surface area contributed by atoms with Crippen molar-refractivity contribution in [2.75, 3.05) is 20.2 Å². The van der Waals surface area contributed by atoms with Gasteiger partial charge in [-0.3, -0.25) is 5.32 Å². The maximum atomic E-state index is 6.03. The molecule has 3 N–H and O–H groups in total. The van der Waals surface area contributed by atoms with E-state index in [2.05, 4.69) is 11.2 Å². The second kappa shape index (κ2) is 6.39. The summed E-state index contributed by atoms with van der Waals surface area (Å²) in [5.74, 6) is 3.17. The Morgan fingerprint density at radius 1 is 1.62 bits per heavy atom. The molecule has 86 valence electrons. The molecule has 4 heteroatoms. The fourth-order valence-corrected chi connectivity index (χ4v) is 1.68. The molecule has 0 saturated heterocycles. The molecule has 0 amide bonds. The average Bonchev–Trinajstić information content (AvgIpc) is 2.30. The van der Waals surface area contributed by atoms with Crippen LogP contribution in [0.4, 0.5) is 0 Å². The van der Waals surface area contributed by atoms with Crippen molar-refractivity contribution < 1.29 is 4.74 Å². The molecule has 1 aromatic carbocycles. The van der Waals surface area contributed by atoms with Crippen LogP contribution >= 0.6 is 11.6 Å². The number of nitrogens with two attached hydrogens (primary N) is 1. The predicted molar refractivity (Wildman–Crippen MR) is 66.6 cm³/mol. The van der Waals surface area contributed by atoms with Crippen molar-refractivity contribution in [2.45, 2.75) is 6.04 Å². The second-order valence-corrected chi connectivity index (χ2v) is 3.67. The Kier molecular flexibility index (Phi) is 5.13. The lowest BCUT2D eigenvalue weighted by Gasteiger charge is -2.16. The summed E-state index contributed by atoms with van der Waals surface area (Å²) < 4.78 is 5.08. The molecule has 3 nitrogen and oxygen atoms in total. The molecule has 0 bridgehead atoms. The van der Waals surface area contributed by atoms with Gasteiger partial charge in [-0.05, 0) is 17.7 Å². The third-order valence-electron chi connectivity index (χ3n) is 2.26. The highest BCUT2D eigenvalue weighted by Gasteiger charge is 2.10. The second-order valence-electron chi connectivity index (χ2n) is 3.27. The summed E-state index contributed by atoms with van der Waals surface area (Å²) in [4.78, 5) is 0. The fourth-order valence-electron chi connectivity index (χ4n) is 1.42. The van der Waals surface area contributed by atoms with Crippen LogP contribution in [0, 0.1) is 12.3 Å². The minimum Gasteiger partial charge on any atom is -0.495 e. The summed E-state index contributed by atoms with van der Waals surface area (Å²) >= 11 is 6.03. The first-order chi connectivity index (χ1) is 7.72. The zero-order valence-electron chi connectivity index (χ0n) is 9.16. The van der Waals surface area contributed by atoms with E-state index >= 15 is 0 Å². The van der Waals surface area contributed by atoms with E-state index in [9.17, 15) is 0 Å². The summed E-state index contributed by atoms with van der Waals surface area (Å²) in [7, 11) is 1.58. The number of hydrogen-bond acceptors (Lipinski definition) is 3. The van der Waals surface area contributed by atoms with Crippen LogP contribution < -0.4 is 15.8 Å². The Balaban J connectivity index is 2.85. The van der Waals surface area contributed by atoms with Crippen LogP contribution in [0.25, 0.3) is 0 Å². The van der Waals surface area contributed by atoms with Gasteiger partial charge in [0, 0.05) is 12.6 Å². The molecule has 0 aliphatic carbocycles. The standard InChI is InChI=1S/C12H15ClN2O/c1-3-6-15-11(8-14)9-4-5-12(16-2)10(13)7-9/h1,4-5,7,11,15H,6,8,14H2,2H3. The van der Waals surface area contributed by atoms with Gasteiger partial charge in [0.2, 0.25) is 0 Å². The number of nitrogens with one attached hydrogen (secondary N) is 1. The molecule has 0 radical (unpaired) electrons. The number of benzene rings is 1. The summed E-state index contributed by atoms with van der Waals surface area (Å²) in [6, 6.07) is 5.59. The zero-order valence-corrected chi connectivity index (χ0v) is 9.92. The van der Waals surface area contributed by atoms with Crippen molar-refractivity contribution in [2.24, 2.45) is 5.73 Å². The number of hydrogen-bond donors (Lipinski definition) is 2. The number of ether oxygens (including phenoxy) is 1. The number of rotatable bonds is 5. The molecule has 16 heavy (non-hydrogen) atoms. The van der Waals surface area contributed by atoms with E-state index < -0.39 is 0 Å². The van der Waals surface area contributed by atoms with Crippen molar-refractivity contribution in [1.29, 1.82) is 0 Å². The van der Waals surface area contributed by atoms with Crippen molar-refractivity contribution >= 4 is 11.6 Å². The normalized spacial score (nSPS) is 11.9. The van der Waals surface area contributed by atoms with Gasteiger partial charge in [-0.1, -0.05) is 23.6 Å². The molecule has 1 unspecified atom stereocenters. The van der Waals surface area contributed by atoms with Gasteiger partial charge in [0.05, 0.1) is 18.7 Å². The Bertz CT molecular complexity index is 387. The molecule has 1 atom stereocenters. The first kappa shape index (κ1) is 12.9. The highest BCUT2D eigenvalue weighted by atomic mass is 35.5. The summed E-state index contributed by atoms with van der Waals surface area (Å²) in [6.07, 6.45) is 5.19. The van der Waals surface area contributed by atoms with Crippen LogP contribution in [0.3, 0.4) is 0 Å².